The minimum atomic E-state index is 0. The Balaban J connectivity index is 0.00000121. The standard InChI is InChI=1S/C5Cl5N.Ir/c6-1-2(7)4(9)11-5(10)3(1)8;. The number of nitrogens with zero attached hydrogens (tertiary/aromatic N) is 1. The zero-order valence-corrected chi connectivity index (χ0v) is 11.3. The Hall–Kier alpha value is 1.25. The first-order chi connectivity index (χ1) is 5.04. The molecule has 0 aromatic carbocycles. The summed E-state index contributed by atoms with van der Waals surface area (Å²) in [6, 6.07) is 0. The van der Waals surface area contributed by atoms with Crippen LogP contribution in [-0.4, -0.2) is 4.98 Å². The third-order valence-electron chi connectivity index (χ3n) is 0.944. The number of aromatic nitrogens is 1. The number of pyridine rings is 1. The molecule has 1 aromatic rings. The van der Waals surface area contributed by atoms with Crippen LogP contribution < -0.4 is 0 Å². The van der Waals surface area contributed by atoms with Crippen LogP contribution >= 0.6 is 58.0 Å². The molecule has 0 N–H and O–H groups in total. The maximum atomic E-state index is 5.62. The number of hydrogen-bond acceptors (Lipinski definition) is 1. The predicted molar refractivity (Wildman–Crippen MR) is 49.3 cm³/mol. The van der Waals surface area contributed by atoms with Gasteiger partial charge in [0.05, 0.1) is 15.1 Å². The van der Waals surface area contributed by atoms with Gasteiger partial charge in [0.1, 0.15) is 0 Å². The third kappa shape index (κ3) is 2.62. The summed E-state index contributed by atoms with van der Waals surface area (Å²) in [5.41, 5.74) is 0. The smallest absolute Gasteiger partial charge is 0.151 e. The molecule has 69 valence electrons. The number of hydrogen-bond donors (Lipinski definition) is 0. The largest absolute Gasteiger partial charge is 0.221 e. The van der Waals surface area contributed by atoms with Crippen LogP contribution in [0.5, 0.6) is 0 Å². The normalized spacial score (nSPS) is 9.42. The molecule has 1 nitrogen and oxygen atoms in total. The summed E-state index contributed by atoms with van der Waals surface area (Å²) < 4.78 is 0. The molecule has 7 heteroatoms. The summed E-state index contributed by atoms with van der Waals surface area (Å²) in [4.78, 5) is 3.62. The monoisotopic (exact) mass is 442 g/mol. The molecule has 0 saturated heterocycles. The molecule has 0 atom stereocenters. The number of halogens is 5. The van der Waals surface area contributed by atoms with Crippen LogP contribution in [0.2, 0.25) is 25.4 Å². The van der Waals surface area contributed by atoms with Gasteiger partial charge in [-0.1, -0.05) is 58.0 Å². The second-order valence-corrected chi connectivity index (χ2v) is 3.49. The van der Waals surface area contributed by atoms with Crippen molar-refractivity contribution in [2.24, 2.45) is 0 Å². The Morgan fingerprint density at radius 2 is 1.00 bits per heavy atom. The first-order valence-electron chi connectivity index (χ1n) is 2.39. The molecule has 0 aliphatic rings. The second-order valence-electron chi connectivity index (χ2n) is 1.64. The Labute approximate surface area is 108 Å². The quantitative estimate of drug-likeness (QED) is 0.544. The zero-order valence-electron chi connectivity index (χ0n) is 5.17. The van der Waals surface area contributed by atoms with Crippen LogP contribution in [0, 0.1) is 0 Å². The van der Waals surface area contributed by atoms with Gasteiger partial charge in [0.25, 0.3) is 0 Å². The molecule has 1 rings (SSSR count). The molecule has 0 bridgehead atoms. The van der Waals surface area contributed by atoms with Gasteiger partial charge in [0.2, 0.25) is 0 Å². The predicted octanol–water partition coefficient (Wildman–Crippen LogP) is 4.35. The van der Waals surface area contributed by atoms with Crippen LogP contribution in [-0.2, 0) is 20.1 Å². The number of rotatable bonds is 0. The molecule has 0 saturated carbocycles. The Morgan fingerprint density at radius 1 is 0.667 bits per heavy atom. The first kappa shape index (κ1) is 13.2. The van der Waals surface area contributed by atoms with Gasteiger partial charge in [-0.3, -0.25) is 0 Å². The van der Waals surface area contributed by atoms with E-state index in [4.69, 9.17) is 58.0 Å². The molecule has 0 spiro atoms. The second kappa shape index (κ2) is 5.21. The summed E-state index contributed by atoms with van der Waals surface area (Å²) in [5, 5.41) is 0.445. The molecule has 0 fully saturated rings. The molecule has 0 aliphatic heterocycles. The maximum Gasteiger partial charge on any atom is 0.151 e. The van der Waals surface area contributed by atoms with Crippen molar-refractivity contribution >= 4 is 58.0 Å². The van der Waals surface area contributed by atoms with Crippen molar-refractivity contribution in [3.8, 4) is 0 Å². The molecule has 0 unspecified atom stereocenters. The van der Waals surface area contributed by atoms with Gasteiger partial charge in [-0.05, 0) is 0 Å². The maximum absolute atomic E-state index is 5.62. The van der Waals surface area contributed by atoms with Crippen LogP contribution in [0.25, 0.3) is 0 Å². The van der Waals surface area contributed by atoms with Gasteiger partial charge in [-0.15, -0.1) is 0 Å². The van der Waals surface area contributed by atoms with Crippen LogP contribution in [0.4, 0.5) is 0 Å². The Kier molecular flexibility index (Phi) is 5.75. The van der Waals surface area contributed by atoms with Gasteiger partial charge in [0, 0.05) is 20.1 Å². The summed E-state index contributed by atoms with van der Waals surface area (Å²) in [5.74, 6) is 0. The molecule has 12 heavy (non-hydrogen) atoms. The van der Waals surface area contributed by atoms with E-state index < -0.39 is 0 Å². The fourth-order valence-corrected chi connectivity index (χ4v) is 1.46. The van der Waals surface area contributed by atoms with E-state index in [2.05, 4.69) is 4.98 Å². The van der Waals surface area contributed by atoms with Crippen molar-refractivity contribution < 1.29 is 20.1 Å². The van der Waals surface area contributed by atoms with Gasteiger partial charge in [-0.2, -0.15) is 0 Å². The minimum Gasteiger partial charge on any atom is -0.221 e. The van der Waals surface area contributed by atoms with Gasteiger partial charge in [-0.25, -0.2) is 4.98 Å². The SMILES string of the molecule is Clc1nc(Cl)c(Cl)c(Cl)c1Cl.[Ir]. The average Bonchev–Trinajstić information content (AvgIpc) is 1.97. The van der Waals surface area contributed by atoms with E-state index in [9.17, 15) is 0 Å². The molecule has 1 radical (unpaired) electrons. The van der Waals surface area contributed by atoms with Crippen molar-refractivity contribution in [1.29, 1.82) is 0 Å². The van der Waals surface area contributed by atoms with Gasteiger partial charge in [0.15, 0.2) is 10.3 Å². The molecule has 0 amide bonds. The first-order valence-corrected chi connectivity index (χ1v) is 4.28. The summed E-state index contributed by atoms with van der Waals surface area (Å²) in [6.45, 7) is 0. The summed E-state index contributed by atoms with van der Waals surface area (Å²) in [7, 11) is 0. The van der Waals surface area contributed by atoms with E-state index in [-0.39, 0.29) is 45.5 Å². The van der Waals surface area contributed by atoms with Gasteiger partial charge < -0.3 is 0 Å². The fourth-order valence-electron chi connectivity index (χ4n) is 0.462. The van der Waals surface area contributed by atoms with Crippen LogP contribution in [0.3, 0.4) is 0 Å². The average molecular weight is 444 g/mol. The van der Waals surface area contributed by atoms with E-state index >= 15 is 0 Å². The van der Waals surface area contributed by atoms with Crippen molar-refractivity contribution in [2.75, 3.05) is 0 Å². The molecule has 1 heterocycles. The van der Waals surface area contributed by atoms with Crippen molar-refractivity contribution in [2.45, 2.75) is 0 Å². The van der Waals surface area contributed by atoms with Crippen molar-refractivity contribution in [1.82, 2.24) is 4.98 Å². The van der Waals surface area contributed by atoms with Gasteiger partial charge >= 0.3 is 0 Å². The van der Waals surface area contributed by atoms with E-state index in [1.54, 1.807) is 0 Å². The van der Waals surface area contributed by atoms with E-state index in [1.165, 1.54) is 0 Å². The molecular weight excluding hydrogens is 444 g/mol. The minimum absolute atomic E-state index is 0. The molecule has 0 aliphatic carbocycles. The van der Waals surface area contributed by atoms with Crippen molar-refractivity contribution in [3.63, 3.8) is 0 Å². The van der Waals surface area contributed by atoms with E-state index in [1.807, 2.05) is 0 Å². The Bertz CT molecular complexity index is 276. The molecular formula is C5Cl5IrN. The fraction of sp³-hybridized carbons (Fsp3) is 0. The van der Waals surface area contributed by atoms with Crippen LogP contribution in [0.15, 0.2) is 0 Å². The van der Waals surface area contributed by atoms with E-state index in [0.29, 0.717) is 0 Å². The summed E-state index contributed by atoms with van der Waals surface area (Å²) >= 11 is 27.8. The van der Waals surface area contributed by atoms with Crippen molar-refractivity contribution in [3.05, 3.63) is 25.4 Å². The van der Waals surface area contributed by atoms with Crippen LogP contribution in [0.1, 0.15) is 0 Å². The summed E-state index contributed by atoms with van der Waals surface area (Å²) in [6.07, 6.45) is 0. The Morgan fingerprint density at radius 3 is 1.33 bits per heavy atom. The third-order valence-corrected chi connectivity index (χ3v) is 2.99. The molecule has 1 aromatic heterocycles. The topological polar surface area (TPSA) is 12.9 Å². The van der Waals surface area contributed by atoms with E-state index in [0.717, 1.165) is 0 Å². The zero-order chi connectivity index (χ0) is 8.59.